The Hall–Kier alpha value is -2.60. The van der Waals surface area contributed by atoms with E-state index in [0.29, 0.717) is 6.61 Å². The fourth-order valence-electron chi connectivity index (χ4n) is 2.20. The van der Waals surface area contributed by atoms with Gasteiger partial charge in [-0.15, -0.1) is 0 Å². The van der Waals surface area contributed by atoms with Crippen molar-refractivity contribution in [1.29, 1.82) is 0 Å². The molecule has 0 radical (unpaired) electrons. The van der Waals surface area contributed by atoms with Crippen molar-refractivity contribution < 1.29 is 14.3 Å². The van der Waals surface area contributed by atoms with Crippen LogP contribution in [-0.4, -0.2) is 25.0 Å². The lowest BCUT2D eigenvalue weighted by Crippen LogP contribution is -2.31. The molecule has 5 nitrogen and oxygen atoms in total. The second-order valence-corrected chi connectivity index (χ2v) is 6.48. The van der Waals surface area contributed by atoms with Crippen LogP contribution < -0.4 is 15.4 Å². The standard InChI is InChI=1S/C20H21BrN2O3/c1-3-26-17-8-4-15(5-9-17)6-11-19(24)22-13-20(25)23-18-10-7-16(21)12-14(18)2/h4-12H,3,13H2,1-2H3,(H,22,24)(H,23,25)/b11-6+. The van der Waals surface area contributed by atoms with E-state index in [1.807, 2.05) is 56.3 Å². The van der Waals surface area contributed by atoms with Gasteiger partial charge in [-0.05, 0) is 61.4 Å². The van der Waals surface area contributed by atoms with E-state index in [0.717, 1.165) is 27.0 Å². The monoisotopic (exact) mass is 416 g/mol. The lowest BCUT2D eigenvalue weighted by Gasteiger charge is -2.09. The van der Waals surface area contributed by atoms with Crippen LogP contribution in [0.5, 0.6) is 5.75 Å². The number of rotatable bonds is 7. The predicted octanol–water partition coefficient (Wildman–Crippen LogP) is 3.92. The van der Waals surface area contributed by atoms with Crippen LogP contribution in [0.4, 0.5) is 5.69 Å². The van der Waals surface area contributed by atoms with Crippen molar-refractivity contribution in [3.05, 3.63) is 64.1 Å². The number of halogens is 1. The number of anilines is 1. The molecule has 0 aromatic heterocycles. The summed E-state index contributed by atoms with van der Waals surface area (Å²) in [5, 5.41) is 5.34. The summed E-state index contributed by atoms with van der Waals surface area (Å²) in [5.41, 5.74) is 2.53. The Bertz CT molecular complexity index is 801. The molecule has 0 atom stereocenters. The van der Waals surface area contributed by atoms with E-state index in [-0.39, 0.29) is 18.4 Å². The number of benzene rings is 2. The molecule has 0 aliphatic heterocycles. The fourth-order valence-corrected chi connectivity index (χ4v) is 2.68. The molecule has 0 saturated heterocycles. The Balaban J connectivity index is 1.81. The lowest BCUT2D eigenvalue weighted by molar-refractivity contribution is -0.121. The second kappa shape index (κ2) is 9.77. The number of aryl methyl sites for hydroxylation is 1. The fraction of sp³-hybridized carbons (Fsp3) is 0.200. The smallest absolute Gasteiger partial charge is 0.244 e. The minimum absolute atomic E-state index is 0.0953. The lowest BCUT2D eigenvalue weighted by atomic mass is 10.2. The van der Waals surface area contributed by atoms with Crippen molar-refractivity contribution in [1.82, 2.24) is 5.32 Å². The van der Waals surface area contributed by atoms with Gasteiger partial charge in [0, 0.05) is 16.2 Å². The van der Waals surface area contributed by atoms with Crippen molar-refractivity contribution in [2.24, 2.45) is 0 Å². The molecule has 136 valence electrons. The third-order valence-electron chi connectivity index (χ3n) is 3.50. The highest BCUT2D eigenvalue weighted by Crippen LogP contribution is 2.19. The zero-order valence-corrected chi connectivity index (χ0v) is 16.3. The Labute approximate surface area is 161 Å². The highest BCUT2D eigenvalue weighted by atomic mass is 79.9. The highest BCUT2D eigenvalue weighted by Gasteiger charge is 2.06. The number of carbonyl (C=O) groups is 2. The number of ether oxygens (including phenoxy) is 1. The number of hydrogen-bond donors (Lipinski definition) is 2. The van der Waals surface area contributed by atoms with Gasteiger partial charge in [-0.3, -0.25) is 9.59 Å². The van der Waals surface area contributed by atoms with Crippen molar-refractivity contribution in [2.45, 2.75) is 13.8 Å². The molecular formula is C20H21BrN2O3. The molecule has 2 amide bonds. The van der Waals surface area contributed by atoms with Crippen LogP contribution in [0.1, 0.15) is 18.1 Å². The minimum Gasteiger partial charge on any atom is -0.494 e. The largest absolute Gasteiger partial charge is 0.494 e. The van der Waals surface area contributed by atoms with E-state index in [1.165, 1.54) is 6.08 Å². The van der Waals surface area contributed by atoms with Gasteiger partial charge < -0.3 is 15.4 Å². The topological polar surface area (TPSA) is 67.4 Å². The molecule has 0 spiro atoms. The van der Waals surface area contributed by atoms with Crippen molar-refractivity contribution in [3.63, 3.8) is 0 Å². The molecule has 2 aromatic carbocycles. The van der Waals surface area contributed by atoms with Gasteiger partial charge in [-0.2, -0.15) is 0 Å². The quantitative estimate of drug-likeness (QED) is 0.671. The first-order chi connectivity index (χ1) is 12.5. The van der Waals surface area contributed by atoms with Gasteiger partial charge in [-0.1, -0.05) is 28.1 Å². The Morgan fingerprint density at radius 3 is 2.54 bits per heavy atom. The normalized spacial score (nSPS) is 10.6. The van der Waals surface area contributed by atoms with E-state index in [1.54, 1.807) is 6.08 Å². The zero-order chi connectivity index (χ0) is 18.9. The maximum Gasteiger partial charge on any atom is 0.244 e. The molecule has 0 fully saturated rings. The zero-order valence-electron chi connectivity index (χ0n) is 14.7. The predicted molar refractivity (Wildman–Crippen MR) is 107 cm³/mol. The van der Waals surface area contributed by atoms with Crippen LogP contribution in [0.2, 0.25) is 0 Å². The third-order valence-corrected chi connectivity index (χ3v) is 4.00. The van der Waals surface area contributed by atoms with Gasteiger partial charge in [0.1, 0.15) is 5.75 Å². The average Bonchev–Trinajstić information content (AvgIpc) is 2.62. The summed E-state index contributed by atoms with van der Waals surface area (Å²) in [5.74, 6) is 0.175. The molecular weight excluding hydrogens is 396 g/mol. The minimum atomic E-state index is -0.332. The van der Waals surface area contributed by atoms with E-state index in [4.69, 9.17) is 4.74 Å². The molecule has 0 aliphatic rings. The molecule has 2 N–H and O–H groups in total. The molecule has 2 rings (SSSR count). The number of carbonyl (C=O) groups excluding carboxylic acids is 2. The summed E-state index contributed by atoms with van der Waals surface area (Å²) >= 11 is 3.38. The SMILES string of the molecule is CCOc1ccc(/C=C/C(=O)NCC(=O)Nc2ccc(Br)cc2C)cc1. The maximum absolute atomic E-state index is 12.0. The first-order valence-electron chi connectivity index (χ1n) is 8.22. The van der Waals surface area contributed by atoms with E-state index < -0.39 is 0 Å². The summed E-state index contributed by atoms with van der Waals surface area (Å²) in [6.07, 6.45) is 3.08. The summed E-state index contributed by atoms with van der Waals surface area (Å²) in [6, 6.07) is 13.0. The van der Waals surface area contributed by atoms with Gasteiger partial charge in [0.25, 0.3) is 0 Å². The Morgan fingerprint density at radius 1 is 1.15 bits per heavy atom. The van der Waals surface area contributed by atoms with Gasteiger partial charge in [0.15, 0.2) is 0 Å². The summed E-state index contributed by atoms with van der Waals surface area (Å²) in [4.78, 5) is 23.8. The first kappa shape index (κ1) is 19.7. The van der Waals surface area contributed by atoms with Crippen LogP contribution in [0.25, 0.3) is 6.08 Å². The van der Waals surface area contributed by atoms with Crippen LogP contribution in [0.3, 0.4) is 0 Å². The van der Waals surface area contributed by atoms with Gasteiger partial charge in [-0.25, -0.2) is 0 Å². The maximum atomic E-state index is 12.0. The van der Waals surface area contributed by atoms with Gasteiger partial charge in [0.05, 0.1) is 13.2 Å². The van der Waals surface area contributed by atoms with E-state index >= 15 is 0 Å². The molecule has 0 aliphatic carbocycles. The number of nitrogens with one attached hydrogen (secondary N) is 2. The van der Waals surface area contributed by atoms with Crippen LogP contribution in [0, 0.1) is 6.92 Å². The van der Waals surface area contributed by atoms with Crippen molar-refractivity contribution in [2.75, 3.05) is 18.5 Å². The second-order valence-electron chi connectivity index (χ2n) is 5.56. The number of amides is 2. The van der Waals surface area contributed by atoms with Crippen molar-refractivity contribution in [3.8, 4) is 5.75 Å². The molecule has 2 aromatic rings. The molecule has 0 heterocycles. The van der Waals surface area contributed by atoms with Crippen molar-refractivity contribution >= 4 is 39.5 Å². The summed E-state index contributed by atoms with van der Waals surface area (Å²) in [6.45, 7) is 4.34. The van der Waals surface area contributed by atoms with Crippen LogP contribution >= 0.6 is 15.9 Å². The Morgan fingerprint density at radius 2 is 1.88 bits per heavy atom. The Kier molecular flexibility index (Phi) is 7.41. The van der Waals surface area contributed by atoms with E-state index in [9.17, 15) is 9.59 Å². The first-order valence-corrected chi connectivity index (χ1v) is 9.02. The van der Waals surface area contributed by atoms with Gasteiger partial charge in [0.2, 0.25) is 11.8 Å². The number of hydrogen-bond acceptors (Lipinski definition) is 3. The average molecular weight is 417 g/mol. The molecule has 0 bridgehead atoms. The molecule has 0 saturated carbocycles. The highest BCUT2D eigenvalue weighted by molar-refractivity contribution is 9.10. The summed E-state index contributed by atoms with van der Waals surface area (Å²) in [7, 11) is 0. The van der Waals surface area contributed by atoms with Crippen LogP contribution in [-0.2, 0) is 9.59 Å². The molecule has 6 heteroatoms. The third kappa shape index (κ3) is 6.37. The van der Waals surface area contributed by atoms with Crippen LogP contribution in [0.15, 0.2) is 53.0 Å². The molecule has 26 heavy (non-hydrogen) atoms. The van der Waals surface area contributed by atoms with Gasteiger partial charge >= 0.3 is 0 Å². The van der Waals surface area contributed by atoms with E-state index in [2.05, 4.69) is 26.6 Å². The summed E-state index contributed by atoms with van der Waals surface area (Å²) < 4.78 is 6.31. The molecule has 0 unspecified atom stereocenters.